The minimum atomic E-state index is -0.236. The van der Waals surface area contributed by atoms with Gasteiger partial charge in [-0.1, -0.05) is 12.1 Å². The van der Waals surface area contributed by atoms with Gasteiger partial charge in [-0.25, -0.2) is 9.97 Å². The van der Waals surface area contributed by atoms with Gasteiger partial charge in [-0.3, -0.25) is 9.78 Å². The Morgan fingerprint density at radius 2 is 1.87 bits per heavy atom. The Balaban J connectivity index is 1.31. The quantitative estimate of drug-likeness (QED) is 0.355. The second-order valence-electron chi connectivity index (χ2n) is 9.84. The topological polar surface area (TPSA) is 110 Å². The first-order valence-electron chi connectivity index (χ1n) is 13.2. The lowest BCUT2D eigenvalue weighted by atomic mass is 10.1. The smallest absolute Gasteiger partial charge is 0.251 e. The Morgan fingerprint density at radius 1 is 1.08 bits per heavy atom. The molecule has 0 bridgehead atoms. The van der Waals surface area contributed by atoms with Crippen molar-refractivity contribution >= 4 is 22.6 Å². The highest BCUT2D eigenvalue weighted by Crippen LogP contribution is 2.24. The first-order chi connectivity index (χ1) is 18.9. The monoisotopic (exact) mass is 527 g/mol. The van der Waals surface area contributed by atoms with E-state index < -0.39 is 0 Å². The number of fused-ring (bicyclic) bond motifs is 1. The van der Waals surface area contributed by atoms with Crippen molar-refractivity contribution in [2.24, 2.45) is 0 Å². The molecule has 4 aromatic rings. The molecule has 3 aromatic heterocycles. The van der Waals surface area contributed by atoms with Gasteiger partial charge in [-0.2, -0.15) is 0 Å². The Hall–Kier alpha value is -4.08. The Bertz CT molecular complexity index is 1470. The van der Waals surface area contributed by atoms with Gasteiger partial charge in [0.05, 0.1) is 48.0 Å². The number of amides is 1. The lowest BCUT2D eigenvalue weighted by Crippen LogP contribution is -2.45. The summed E-state index contributed by atoms with van der Waals surface area (Å²) >= 11 is 0. The van der Waals surface area contributed by atoms with Gasteiger partial charge in [0, 0.05) is 30.2 Å². The normalized spacial score (nSPS) is 17.3. The van der Waals surface area contributed by atoms with Gasteiger partial charge in [0.25, 0.3) is 5.91 Å². The number of rotatable bonds is 8. The molecule has 9 nitrogen and oxygen atoms in total. The van der Waals surface area contributed by atoms with Crippen LogP contribution in [0.25, 0.3) is 22.3 Å². The molecule has 0 aliphatic carbocycles. The van der Waals surface area contributed by atoms with Crippen LogP contribution in [0.5, 0.6) is 5.75 Å². The van der Waals surface area contributed by atoms with Gasteiger partial charge in [-0.15, -0.1) is 0 Å². The van der Waals surface area contributed by atoms with E-state index in [4.69, 9.17) is 24.5 Å². The first kappa shape index (κ1) is 26.5. The summed E-state index contributed by atoms with van der Waals surface area (Å²) in [7, 11) is 0. The molecule has 9 heteroatoms. The molecule has 0 radical (unpaired) electrons. The fraction of sp³-hybridized carbons (Fsp3) is 0.333. The molecular weight excluding hydrogens is 494 g/mol. The lowest BCUT2D eigenvalue weighted by Gasteiger charge is -2.36. The predicted molar refractivity (Wildman–Crippen MR) is 150 cm³/mol. The van der Waals surface area contributed by atoms with Crippen LogP contribution in [-0.4, -0.2) is 64.5 Å². The highest BCUT2D eigenvalue weighted by molar-refractivity contribution is 5.94. The number of carbonyl (C=O) groups excluding carboxylic acids is 1. The Kier molecular flexibility index (Phi) is 7.99. The molecule has 1 amide bonds. The number of ether oxygens (including phenoxy) is 2. The average Bonchev–Trinajstić information content (AvgIpc) is 2.94. The number of hydrogen-bond acceptors (Lipinski definition) is 8. The van der Waals surface area contributed by atoms with E-state index >= 15 is 0 Å². The van der Waals surface area contributed by atoms with Gasteiger partial charge in [0.2, 0.25) is 0 Å². The van der Waals surface area contributed by atoms with Crippen LogP contribution in [0, 0.1) is 6.92 Å². The van der Waals surface area contributed by atoms with Crippen molar-refractivity contribution in [2.45, 2.75) is 39.5 Å². The van der Waals surface area contributed by atoms with E-state index in [9.17, 15) is 4.79 Å². The summed E-state index contributed by atoms with van der Waals surface area (Å²) in [5.41, 5.74) is 4.42. The van der Waals surface area contributed by atoms with Crippen molar-refractivity contribution in [3.8, 4) is 17.1 Å². The number of aromatic nitrogens is 3. The number of pyridine rings is 3. The third-order valence-electron chi connectivity index (χ3n) is 6.60. The molecule has 0 unspecified atom stereocenters. The average molecular weight is 528 g/mol. The first-order valence-corrected chi connectivity index (χ1v) is 13.2. The summed E-state index contributed by atoms with van der Waals surface area (Å²) in [4.78, 5) is 29.3. The number of anilines is 1. The van der Waals surface area contributed by atoms with E-state index in [2.05, 4.69) is 29.0 Å². The molecule has 4 heterocycles. The van der Waals surface area contributed by atoms with Crippen molar-refractivity contribution in [3.63, 3.8) is 0 Å². The lowest BCUT2D eigenvalue weighted by molar-refractivity contribution is -0.00545. The molecule has 1 aromatic carbocycles. The highest BCUT2D eigenvalue weighted by Gasteiger charge is 2.23. The number of aliphatic hydroxyl groups excluding tert-OH is 1. The van der Waals surface area contributed by atoms with Crippen LogP contribution < -0.4 is 15.0 Å². The third-order valence-corrected chi connectivity index (χ3v) is 6.60. The van der Waals surface area contributed by atoms with Crippen molar-refractivity contribution < 1.29 is 19.4 Å². The fourth-order valence-corrected chi connectivity index (χ4v) is 4.73. The Morgan fingerprint density at radius 3 is 2.67 bits per heavy atom. The van der Waals surface area contributed by atoms with Crippen molar-refractivity contribution in [1.82, 2.24) is 20.3 Å². The summed E-state index contributed by atoms with van der Waals surface area (Å²) in [5, 5.41) is 12.8. The summed E-state index contributed by atoms with van der Waals surface area (Å²) < 4.78 is 11.4. The van der Waals surface area contributed by atoms with Crippen molar-refractivity contribution in [1.29, 1.82) is 0 Å². The van der Waals surface area contributed by atoms with E-state index in [1.54, 1.807) is 18.3 Å². The minimum Gasteiger partial charge on any atom is -0.491 e. The molecule has 0 spiro atoms. The molecule has 1 saturated heterocycles. The van der Waals surface area contributed by atoms with Crippen LogP contribution in [0.15, 0.2) is 60.8 Å². The number of morpholine rings is 1. The van der Waals surface area contributed by atoms with E-state index in [0.29, 0.717) is 17.0 Å². The maximum absolute atomic E-state index is 12.8. The van der Waals surface area contributed by atoms with Crippen molar-refractivity contribution in [3.05, 3.63) is 77.6 Å². The van der Waals surface area contributed by atoms with Crippen LogP contribution in [0.4, 0.5) is 5.82 Å². The molecule has 1 aliphatic heterocycles. The molecule has 0 saturated carbocycles. The second-order valence-corrected chi connectivity index (χ2v) is 9.84. The molecule has 1 aliphatic rings. The third kappa shape index (κ3) is 6.32. The van der Waals surface area contributed by atoms with Crippen LogP contribution in [0.3, 0.4) is 0 Å². The largest absolute Gasteiger partial charge is 0.491 e. The summed E-state index contributed by atoms with van der Waals surface area (Å²) in [6.07, 6.45) is 2.06. The standard InChI is InChI=1S/C30H33N5O4/c1-19-7-8-22(13-28(19)38-12-11-36)30(37)32-16-24-14-27-23(15-31-24)9-10-26(33-27)25-5-4-6-29(34-25)35-17-20(2)39-21(3)18-35/h4-10,13-15,20-21,36H,11-12,16-18H2,1-3H3,(H,32,37)/t20-,21+. The molecule has 2 N–H and O–H groups in total. The maximum atomic E-state index is 12.8. The Labute approximate surface area is 227 Å². The minimum absolute atomic E-state index is 0.0901. The molecule has 202 valence electrons. The van der Waals surface area contributed by atoms with Gasteiger partial charge < -0.3 is 24.8 Å². The number of benzene rings is 1. The van der Waals surface area contributed by atoms with Crippen molar-refractivity contribution in [2.75, 3.05) is 31.2 Å². The van der Waals surface area contributed by atoms with Crippen LogP contribution in [0.2, 0.25) is 0 Å². The van der Waals surface area contributed by atoms with Crippen LogP contribution in [0.1, 0.15) is 35.5 Å². The predicted octanol–water partition coefficient (Wildman–Crippen LogP) is 3.91. The number of aliphatic hydroxyl groups is 1. The molecule has 1 fully saturated rings. The van der Waals surface area contributed by atoms with Gasteiger partial charge >= 0.3 is 0 Å². The maximum Gasteiger partial charge on any atom is 0.251 e. The molecule has 39 heavy (non-hydrogen) atoms. The highest BCUT2D eigenvalue weighted by atomic mass is 16.5. The van der Waals surface area contributed by atoms with Gasteiger partial charge in [0.1, 0.15) is 18.2 Å². The zero-order valence-corrected chi connectivity index (χ0v) is 22.4. The summed E-state index contributed by atoms with van der Waals surface area (Å²) in [6.45, 7) is 7.99. The summed E-state index contributed by atoms with van der Waals surface area (Å²) in [6, 6.07) is 17.1. The number of aryl methyl sites for hydroxylation is 1. The van der Waals surface area contributed by atoms with E-state index in [1.165, 1.54) is 0 Å². The summed E-state index contributed by atoms with van der Waals surface area (Å²) in [5.74, 6) is 1.25. The van der Waals surface area contributed by atoms with E-state index in [1.807, 2.05) is 49.4 Å². The molecule has 5 rings (SSSR count). The zero-order chi connectivity index (χ0) is 27.4. The number of nitrogens with zero attached hydrogens (tertiary/aromatic N) is 4. The zero-order valence-electron chi connectivity index (χ0n) is 22.4. The fourth-order valence-electron chi connectivity index (χ4n) is 4.73. The SMILES string of the molecule is Cc1ccc(C(=O)NCc2cc3nc(-c4cccc(N5C[C@@H](C)O[C@@H](C)C5)n4)ccc3cn2)cc1OCCO. The van der Waals surface area contributed by atoms with Gasteiger partial charge in [-0.05, 0) is 68.8 Å². The number of nitrogens with one attached hydrogen (secondary N) is 1. The number of hydrogen-bond donors (Lipinski definition) is 2. The van der Waals surface area contributed by atoms with Crippen LogP contribution >= 0.6 is 0 Å². The number of carbonyl (C=O) groups is 1. The van der Waals surface area contributed by atoms with Gasteiger partial charge in [0.15, 0.2) is 0 Å². The van der Waals surface area contributed by atoms with E-state index in [-0.39, 0.29) is 37.9 Å². The molecule has 2 atom stereocenters. The second kappa shape index (κ2) is 11.8. The van der Waals surface area contributed by atoms with Crippen LogP contribution in [-0.2, 0) is 11.3 Å². The molecular formula is C30H33N5O4. The van der Waals surface area contributed by atoms with E-state index in [0.717, 1.165) is 46.8 Å².